The van der Waals surface area contributed by atoms with Gasteiger partial charge in [0.15, 0.2) is 0 Å². The van der Waals surface area contributed by atoms with E-state index in [1.165, 1.54) is 7.11 Å². The topological polar surface area (TPSA) is 29.5 Å². The number of nitrogens with zero attached hydrogens (tertiary/aromatic N) is 1. The van der Waals surface area contributed by atoms with E-state index in [4.69, 9.17) is 27.9 Å². The number of carbonyl (C=O) groups is 1. The molecule has 1 aliphatic heterocycles. The summed E-state index contributed by atoms with van der Waals surface area (Å²) in [7, 11) is 1.43. The van der Waals surface area contributed by atoms with E-state index in [0.29, 0.717) is 16.6 Å². The van der Waals surface area contributed by atoms with Crippen molar-refractivity contribution >= 4 is 29.2 Å². The predicted molar refractivity (Wildman–Crippen MR) is 71.9 cm³/mol. The van der Waals surface area contributed by atoms with Crippen LogP contribution in [0.15, 0.2) is 18.2 Å². The van der Waals surface area contributed by atoms with Gasteiger partial charge in [0.2, 0.25) is 0 Å². The SMILES string of the molecule is COC(=O)C1CCN(Cc2cc(Cl)ccc2Cl)C1. The molecule has 0 radical (unpaired) electrons. The van der Waals surface area contributed by atoms with E-state index < -0.39 is 0 Å². The van der Waals surface area contributed by atoms with Crippen LogP contribution in [0.2, 0.25) is 10.0 Å². The van der Waals surface area contributed by atoms with Gasteiger partial charge in [-0.2, -0.15) is 0 Å². The van der Waals surface area contributed by atoms with E-state index in [2.05, 4.69) is 4.90 Å². The molecule has 1 saturated heterocycles. The highest BCUT2D eigenvalue weighted by Gasteiger charge is 2.29. The second-order valence-corrected chi connectivity index (χ2v) is 5.32. The van der Waals surface area contributed by atoms with Crippen LogP contribution < -0.4 is 0 Å². The lowest BCUT2D eigenvalue weighted by Gasteiger charge is -2.16. The molecule has 0 spiro atoms. The maximum atomic E-state index is 11.4. The minimum atomic E-state index is -0.130. The van der Waals surface area contributed by atoms with Crippen molar-refractivity contribution in [1.29, 1.82) is 0 Å². The Kier molecular flexibility index (Phi) is 4.49. The average Bonchev–Trinajstić information content (AvgIpc) is 2.81. The fourth-order valence-corrected chi connectivity index (χ4v) is 2.61. The number of methoxy groups -OCH3 is 1. The minimum Gasteiger partial charge on any atom is -0.469 e. The fourth-order valence-electron chi connectivity index (χ4n) is 2.24. The molecule has 0 aliphatic carbocycles. The highest BCUT2D eigenvalue weighted by atomic mass is 35.5. The Morgan fingerprint density at radius 1 is 1.50 bits per heavy atom. The molecule has 1 aromatic carbocycles. The van der Waals surface area contributed by atoms with E-state index in [-0.39, 0.29) is 11.9 Å². The predicted octanol–water partition coefficient (Wildman–Crippen LogP) is 2.99. The third-order valence-corrected chi connectivity index (χ3v) is 3.81. The lowest BCUT2D eigenvalue weighted by atomic mass is 10.1. The molecule has 3 nitrogen and oxygen atoms in total. The number of hydrogen-bond acceptors (Lipinski definition) is 3. The number of likely N-dealkylation sites (tertiary alicyclic amines) is 1. The summed E-state index contributed by atoms with van der Waals surface area (Å²) in [4.78, 5) is 13.6. The van der Waals surface area contributed by atoms with Crippen LogP contribution in [0.3, 0.4) is 0 Å². The first-order valence-corrected chi connectivity index (χ1v) is 6.60. The Bertz CT molecular complexity index is 451. The van der Waals surface area contributed by atoms with E-state index in [1.807, 2.05) is 6.07 Å². The lowest BCUT2D eigenvalue weighted by Crippen LogP contribution is -2.23. The maximum Gasteiger partial charge on any atom is 0.310 e. The van der Waals surface area contributed by atoms with Gasteiger partial charge in [-0.15, -0.1) is 0 Å². The van der Waals surface area contributed by atoms with Gasteiger partial charge in [-0.25, -0.2) is 0 Å². The molecule has 1 fully saturated rings. The van der Waals surface area contributed by atoms with Crippen LogP contribution in [0, 0.1) is 5.92 Å². The molecule has 98 valence electrons. The van der Waals surface area contributed by atoms with Crippen molar-refractivity contribution in [2.24, 2.45) is 5.92 Å². The first kappa shape index (κ1) is 13.7. The van der Waals surface area contributed by atoms with Gasteiger partial charge in [-0.05, 0) is 36.7 Å². The van der Waals surface area contributed by atoms with Crippen molar-refractivity contribution in [2.75, 3.05) is 20.2 Å². The summed E-state index contributed by atoms with van der Waals surface area (Å²) in [5, 5.41) is 1.39. The van der Waals surface area contributed by atoms with Crippen molar-refractivity contribution in [2.45, 2.75) is 13.0 Å². The number of rotatable bonds is 3. The molecule has 0 N–H and O–H groups in total. The van der Waals surface area contributed by atoms with Crippen molar-refractivity contribution in [1.82, 2.24) is 4.90 Å². The monoisotopic (exact) mass is 287 g/mol. The van der Waals surface area contributed by atoms with Gasteiger partial charge in [0, 0.05) is 23.1 Å². The zero-order valence-electron chi connectivity index (χ0n) is 10.2. The van der Waals surface area contributed by atoms with Gasteiger partial charge in [-0.3, -0.25) is 9.69 Å². The summed E-state index contributed by atoms with van der Waals surface area (Å²) in [5.74, 6) is -0.150. The normalized spacial score (nSPS) is 20.1. The molecule has 5 heteroatoms. The summed E-state index contributed by atoms with van der Waals surface area (Å²) in [6, 6.07) is 5.44. The number of carbonyl (C=O) groups excluding carboxylic acids is 1. The fraction of sp³-hybridized carbons (Fsp3) is 0.462. The number of esters is 1. The Hall–Kier alpha value is -0.770. The first-order chi connectivity index (χ1) is 8.60. The van der Waals surface area contributed by atoms with E-state index in [1.54, 1.807) is 12.1 Å². The molecule has 0 amide bonds. The van der Waals surface area contributed by atoms with Gasteiger partial charge in [0.25, 0.3) is 0 Å². The standard InChI is InChI=1S/C13H15Cl2NO2/c1-18-13(17)9-4-5-16(7-9)8-10-6-11(14)2-3-12(10)15/h2-3,6,9H,4-5,7-8H2,1H3. The smallest absolute Gasteiger partial charge is 0.310 e. The van der Waals surface area contributed by atoms with Crippen molar-refractivity contribution in [3.05, 3.63) is 33.8 Å². The summed E-state index contributed by atoms with van der Waals surface area (Å²) < 4.78 is 4.76. The Balaban J connectivity index is 1.99. The first-order valence-electron chi connectivity index (χ1n) is 5.84. The third kappa shape index (κ3) is 3.16. The van der Waals surface area contributed by atoms with Crippen LogP contribution in [0.5, 0.6) is 0 Å². The third-order valence-electron chi connectivity index (χ3n) is 3.21. The zero-order valence-corrected chi connectivity index (χ0v) is 11.7. The van der Waals surface area contributed by atoms with E-state index in [9.17, 15) is 4.79 Å². The van der Waals surface area contributed by atoms with Crippen LogP contribution in [0.1, 0.15) is 12.0 Å². The van der Waals surface area contributed by atoms with Crippen LogP contribution >= 0.6 is 23.2 Å². The molecule has 1 aromatic rings. The van der Waals surface area contributed by atoms with Gasteiger partial charge in [0.05, 0.1) is 13.0 Å². The Morgan fingerprint density at radius 2 is 2.28 bits per heavy atom. The second-order valence-electron chi connectivity index (χ2n) is 4.48. The molecule has 1 heterocycles. The molecule has 18 heavy (non-hydrogen) atoms. The Morgan fingerprint density at radius 3 is 3.00 bits per heavy atom. The molecule has 0 aromatic heterocycles. The molecule has 0 bridgehead atoms. The quantitative estimate of drug-likeness (QED) is 0.801. The van der Waals surface area contributed by atoms with E-state index >= 15 is 0 Å². The molecule has 1 aliphatic rings. The summed E-state index contributed by atoms with van der Waals surface area (Å²) >= 11 is 12.1. The number of hydrogen-bond donors (Lipinski definition) is 0. The molecular formula is C13H15Cl2NO2. The highest BCUT2D eigenvalue weighted by molar-refractivity contribution is 6.33. The maximum absolute atomic E-state index is 11.4. The number of halogens is 2. The van der Waals surface area contributed by atoms with Crippen LogP contribution in [-0.4, -0.2) is 31.1 Å². The van der Waals surface area contributed by atoms with Crippen molar-refractivity contribution in [3.63, 3.8) is 0 Å². The van der Waals surface area contributed by atoms with Gasteiger partial charge >= 0.3 is 5.97 Å². The van der Waals surface area contributed by atoms with Crippen LogP contribution in [-0.2, 0) is 16.1 Å². The summed E-state index contributed by atoms with van der Waals surface area (Å²) in [6.45, 7) is 2.31. The van der Waals surface area contributed by atoms with Gasteiger partial charge < -0.3 is 4.74 Å². The molecule has 1 atom stereocenters. The van der Waals surface area contributed by atoms with Crippen molar-refractivity contribution < 1.29 is 9.53 Å². The van der Waals surface area contributed by atoms with Crippen molar-refractivity contribution in [3.8, 4) is 0 Å². The Labute approximate surface area is 117 Å². The second kappa shape index (κ2) is 5.91. The average molecular weight is 288 g/mol. The molecular weight excluding hydrogens is 273 g/mol. The largest absolute Gasteiger partial charge is 0.469 e. The summed E-state index contributed by atoms with van der Waals surface area (Å²) in [6.07, 6.45) is 0.838. The van der Waals surface area contributed by atoms with Crippen LogP contribution in [0.25, 0.3) is 0 Å². The number of ether oxygens (including phenoxy) is 1. The zero-order chi connectivity index (χ0) is 13.1. The molecule has 0 saturated carbocycles. The van der Waals surface area contributed by atoms with Gasteiger partial charge in [0.1, 0.15) is 0 Å². The summed E-state index contributed by atoms with van der Waals surface area (Å²) in [5.41, 5.74) is 0.995. The van der Waals surface area contributed by atoms with E-state index in [0.717, 1.165) is 25.1 Å². The van der Waals surface area contributed by atoms with Gasteiger partial charge in [-0.1, -0.05) is 23.2 Å². The molecule has 2 rings (SSSR count). The number of benzene rings is 1. The minimum absolute atomic E-state index is 0.0204. The molecule has 1 unspecified atom stereocenters. The highest BCUT2D eigenvalue weighted by Crippen LogP contribution is 2.25. The van der Waals surface area contributed by atoms with Crippen LogP contribution in [0.4, 0.5) is 0 Å². The lowest BCUT2D eigenvalue weighted by molar-refractivity contribution is -0.144.